The van der Waals surface area contributed by atoms with Gasteiger partial charge in [0.25, 0.3) is 5.56 Å². The molecule has 0 spiro atoms. The molecular weight excluding hydrogens is 465 g/mol. The molecule has 0 unspecified atom stereocenters. The highest BCUT2D eigenvalue weighted by Gasteiger charge is 2.25. The van der Waals surface area contributed by atoms with Crippen molar-refractivity contribution in [3.63, 3.8) is 0 Å². The molecule has 10 nitrogen and oxygen atoms in total. The van der Waals surface area contributed by atoms with Gasteiger partial charge in [0, 0.05) is 31.3 Å². The predicted molar refractivity (Wildman–Crippen MR) is 129 cm³/mol. The molecule has 36 heavy (non-hydrogen) atoms. The quantitative estimate of drug-likeness (QED) is 0.387. The van der Waals surface area contributed by atoms with E-state index in [1.807, 2.05) is 30.3 Å². The van der Waals surface area contributed by atoms with E-state index in [-0.39, 0.29) is 28.5 Å². The Balaban J connectivity index is 1.66. The van der Waals surface area contributed by atoms with Gasteiger partial charge < -0.3 is 0 Å². The Morgan fingerprint density at radius 2 is 1.61 bits per heavy atom. The summed E-state index contributed by atoms with van der Waals surface area (Å²) in [5.41, 5.74) is 0.784. The van der Waals surface area contributed by atoms with E-state index in [0.29, 0.717) is 5.69 Å². The number of halogens is 1. The van der Waals surface area contributed by atoms with Crippen molar-refractivity contribution in [2.24, 2.45) is 14.1 Å². The minimum Gasteiger partial charge on any atom is -0.281 e. The summed E-state index contributed by atoms with van der Waals surface area (Å²) in [7, 11) is 2.85. The van der Waals surface area contributed by atoms with Crippen LogP contribution in [-0.2, 0) is 14.1 Å². The summed E-state index contributed by atoms with van der Waals surface area (Å²) in [6.07, 6.45) is 0. The molecular formula is C25H20FN7O3. The summed E-state index contributed by atoms with van der Waals surface area (Å²) < 4.78 is 19.2. The van der Waals surface area contributed by atoms with Gasteiger partial charge in [0.15, 0.2) is 5.69 Å². The topological polar surface area (TPSA) is 110 Å². The number of hydrogen-bond donors (Lipinski definition) is 0. The van der Waals surface area contributed by atoms with E-state index < -0.39 is 23.0 Å². The minimum atomic E-state index is -0.645. The van der Waals surface area contributed by atoms with Gasteiger partial charge >= 0.3 is 11.6 Å². The summed E-state index contributed by atoms with van der Waals surface area (Å²) in [6.45, 7) is 1.58. The van der Waals surface area contributed by atoms with Crippen LogP contribution in [0.4, 0.5) is 4.39 Å². The molecule has 5 rings (SSSR count). The molecule has 0 fully saturated rings. The number of carbonyl (C=O) groups is 1. The van der Waals surface area contributed by atoms with E-state index in [1.165, 1.54) is 35.5 Å². The normalized spacial score (nSPS) is 11.1. The van der Waals surface area contributed by atoms with Crippen LogP contribution in [-0.4, -0.2) is 39.8 Å². The largest absolute Gasteiger partial charge is 0.332 e. The van der Waals surface area contributed by atoms with Gasteiger partial charge in [-0.3, -0.25) is 18.7 Å². The molecule has 0 aliphatic rings. The van der Waals surface area contributed by atoms with Crippen LogP contribution < -0.4 is 11.2 Å². The first-order chi connectivity index (χ1) is 17.3. The Bertz CT molecular complexity index is 1750. The summed E-state index contributed by atoms with van der Waals surface area (Å²) in [5.74, 6) is -1.01. The molecule has 0 N–H and O–H groups in total. The third-order valence-corrected chi connectivity index (χ3v) is 5.94. The van der Waals surface area contributed by atoms with E-state index in [9.17, 15) is 18.8 Å². The zero-order valence-corrected chi connectivity index (χ0v) is 19.6. The highest BCUT2D eigenvalue weighted by Crippen LogP contribution is 2.29. The zero-order valence-electron chi connectivity index (χ0n) is 19.6. The van der Waals surface area contributed by atoms with Crippen molar-refractivity contribution in [2.45, 2.75) is 6.92 Å². The second-order valence-electron chi connectivity index (χ2n) is 8.15. The van der Waals surface area contributed by atoms with Crippen LogP contribution >= 0.6 is 0 Å². The van der Waals surface area contributed by atoms with Gasteiger partial charge in [-0.2, -0.15) is 9.78 Å². The van der Waals surface area contributed by atoms with Crippen molar-refractivity contribution in [2.75, 3.05) is 0 Å². The number of hydrogen-bond acceptors (Lipinski definition) is 6. The van der Waals surface area contributed by atoms with Gasteiger partial charge in [0.2, 0.25) is 0 Å². The molecule has 0 aliphatic heterocycles. The maximum atomic E-state index is 14.7. The van der Waals surface area contributed by atoms with E-state index in [0.717, 1.165) is 14.8 Å². The zero-order chi connectivity index (χ0) is 25.6. The van der Waals surface area contributed by atoms with Gasteiger partial charge in [-0.15, -0.1) is 5.10 Å². The molecule has 11 heteroatoms. The maximum absolute atomic E-state index is 14.7. The van der Waals surface area contributed by atoms with Crippen LogP contribution in [0.2, 0.25) is 0 Å². The minimum absolute atomic E-state index is 0.0663. The summed E-state index contributed by atoms with van der Waals surface area (Å²) in [5, 5.41) is 12.5. The number of nitrogens with zero attached hydrogens (tertiary/aromatic N) is 7. The van der Waals surface area contributed by atoms with Crippen LogP contribution in [0.15, 0.2) is 76.3 Å². The molecule has 2 aromatic carbocycles. The van der Waals surface area contributed by atoms with Crippen molar-refractivity contribution in [1.29, 1.82) is 0 Å². The average molecular weight is 485 g/mol. The molecule has 3 heterocycles. The summed E-state index contributed by atoms with van der Waals surface area (Å²) in [4.78, 5) is 38.2. The first-order valence-electron chi connectivity index (χ1n) is 10.9. The first kappa shape index (κ1) is 22.8. The van der Waals surface area contributed by atoms with Crippen molar-refractivity contribution in [3.05, 3.63) is 105 Å². The van der Waals surface area contributed by atoms with Crippen molar-refractivity contribution < 1.29 is 9.18 Å². The van der Waals surface area contributed by atoms with Gasteiger partial charge in [0.05, 0.1) is 17.1 Å². The highest BCUT2D eigenvalue weighted by molar-refractivity contribution is 5.97. The lowest BCUT2D eigenvalue weighted by atomic mass is 10.1. The van der Waals surface area contributed by atoms with Crippen LogP contribution in [0.3, 0.4) is 0 Å². The first-order valence-corrected chi connectivity index (χ1v) is 10.9. The van der Waals surface area contributed by atoms with Crippen molar-refractivity contribution >= 4 is 5.91 Å². The highest BCUT2D eigenvalue weighted by atomic mass is 19.1. The number of aromatic nitrogens is 7. The summed E-state index contributed by atoms with van der Waals surface area (Å²) >= 11 is 0. The molecule has 0 radical (unpaired) electrons. The Morgan fingerprint density at radius 3 is 2.33 bits per heavy atom. The lowest BCUT2D eigenvalue weighted by Gasteiger charge is -2.10. The predicted octanol–water partition coefficient (Wildman–Crippen LogP) is 2.33. The fourth-order valence-electron chi connectivity index (χ4n) is 3.92. The second-order valence-corrected chi connectivity index (χ2v) is 8.15. The van der Waals surface area contributed by atoms with Crippen LogP contribution in [0, 0.1) is 12.7 Å². The SMILES string of the molecule is Cc1c(C(=O)n2nc(-c3ccccc3)cc2-c2ccccc2F)nnn1-c1cc(=O)n(C)c(=O)n1C. The Morgan fingerprint density at radius 1 is 0.917 bits per heavy atom. The monoisotopic (exact) mass is 485 g/mol. The summed E-state index contributed by atoms with van der Waals surface area (Å²) in [6, 6.07) is 18.1. The van der Waals surface area contributed by atoms with E-state index in [2.05, 4.69) is 15.4 Å². The fourth-order valence-corrected chi connectivity index (χ4v) is 3.92. The molecule has 0 amide bonds. The van der Waals surface area contributed by atoms with Crippen LogP contribution in [0.1, 0.15) is 16.2 Å². The van der Waals surface area contributed by atoms with Gasteiger partial charge in [0.1, 0.15) is 11.6 Å². The molecule has 0 bridgehead atoms. The third-order valence-electron chi connectivity index (χ3n) is 5.94. The molecule has 0 saturated heterocycles. The number of carbonyl (C=O) groups excluding carboxylic acids is 1. The van der Waals surface area contributed by atoms with Gasteiger partial charge in [-0.05, 0) is 25.1 Å². The second kappa shape index (κ2) is 8.69. The molecule has 5 aromatic rings. The van der Waals surface area contributed by atoms with Crippen LogP contribution in [0.25, 0.3) is 28.3 Å². The van der Waals surface area contributed by atoms with Crippen LogP contribution in [0.5, 0.6) is 0 Å². The van der Waals surface area contributed by atoms with E-state index in [4.69, 9.17) is 0 Å². The molecule has 180 valence electrons. The lowest BCUT2D eigenvalue weighted by molar-refractivity contribution is 0.0941. The smallest absolute Gasteiger partial charge is 0.281 e. The fraction of sp³-hybridized carbons (Fsp3) is 0.120. The molecule has 0 atom stereocenters. The Hall–Kier alpha value is -4.93. The van der Waals surface area contributed by atoms with Gasteiger partial charge in [-0.25, -0.2) is 13.9 Å². The maximum Gasteiger partial charge on any atom is 0.332 e. The average Bonchev–Trinajstić information content (AvgIpc) is 3.50. The van der Waals surface area contributed by atoms with Crippen molar-refractivity contribution in [3.8, 4) is 28.3 Å². The number of rotatable bonds is 4. The van der Waals surface area contributed by atoms with E-state index >= 15 is 0 Å². The Labute approximate surface area is 203 Å². The standard InChI is InChI=1S/C25H20FN7O3/c1-15-23(27-29-32(15)21-14-22(34)31(3)25(36)30(21)2)24(35)33-20(17-11-7-8-12-18(17)26)13-19(28-33)16-9-5-4-6-10-16/h4-14H,1-3H3. The Kier molecular flexibility index (Phi) is 5.51. The molecule has 0 saturated carbocycles. The number of benzene rings is 2. The van der Waals surface area contributed by atoms with Crippen molar-refractivity contribution in [1.82, 2.24) is 33.9 Å². The van der Waals surface area contributed by atoms with Gasteiger partial charge in [-0.1, -0.05) is 47.7 Å². The third kappa shape index (κ3) is 3.66. The molecule has 0 aliphatic carbocycles. The molecule has 3 aromatic heterocycles. The van der Waals surface area contributed by atoms with E-state index in [1.54, 1.807) is 31.2 Å². The lowest BCUT2D eigenvalue weighted by Crippen LogP contribution is -2.38.